The number of hydrogen-bond acceptors (Lipinski definition) is 6. The first-order chi connectivity index (χ1) is 10.0. The zero-order valence-corrected chi connectivity index (χ0v) is 12.4. The van der Waals surface area contributed by atoms with Gasteiger partial charge < -0.3 is 19.3 Å². The maximum absolute atomic E-state index is 10.4. The summed E-state index contributed by atoms with van der Waals surface area (Å²) in [5.41, 5.74) is -1.27. The van der Waals surface area contributed by atoms with E-state index in [0.717, 1.165) is 25.7 Å². The van der Waals surface area contributed by atoms with Crippen LogP contribution in [0, 0.1) is 17.8 Å². The fourth-order valence-corrected chi connectivity index (χ4v) is 5.18. The summed E-state index contributed by atoms with van der Waals surface area (Å²) in [6.45, 7) is 4.67. The molecule has 8 atom stereocenters. The van der Waals surface area contributed by atoms with Crippen LogP contribution >= 0.6 is 0 Å². The molecular formula is C15H22O6. The molecular weight excluding hydrogens is 276 g/mol. The molecule has 118 valence electrons. The lowest BCUT2D eigenvalue weighted by Crippen LogP contribution is -2.73. The van der Waals surface area contributed by atoms with Crippen LogP contribution in [0.5, 0.6) is 0 Å². The van der Waals surface area contributed by atoms with Gasteiger partial charge in [-0.1, -0.05) is 6.92 Å². The van der Waals surface area contributed by atoms with Gasteiger partial charge in [0, 0.05) is 12.3 Å². The van der Waals surface area contributed by atoms with Crippen molar-refractivity contribution >= 4 is 0 Å². The second-order valence-corrected chi connectivity index (χ2v) is 7.59. The molecule has 0 amide bonds. The van der Waals surface area contributed by atoms with Crippen LogP contribution in [0.1, 0.15) is 39.5 Å². The fourth-order valence-electron chi connectivity index (χ4n) is 5.18. The Balaban J connectivity index is 1.66. The van der Waals surface area contributed by atoms with E-state index in [2.05, 4.69) is 6.92 Å². The van der Waals surface area contributed by atoms with E-state index in [4.69, 9.17) is 24.0 Å². The largest absolute Gasteiger partial charge is 0.365 e. The van der Waals surface area contributed by atoms with Crippen LogP contribution in [0.25, 0.3) is 0 Å². The zero-order chi connectivity index (χ0) is 14.5. The summed E-state index contributed by atoms with van der Waals surface area (Å²) in [6, 6.07) is 0. The smallest absolute Gasteiger partial charge is 0.201 e. The molecule has 1 unspecified atom stereocenters. The van der Waals surface area contributed by atoms with Gasteiger partial charge in [-0.05, 0) is 38.0 Å². The van der Waals surface area contributed by atoms with Crippen LogP contribution in [0.2, 0.25) is 0 Å². The molecule has 1 N–H and O–H groups in total. The lowest BCUT2D eigenvalue weighted by molar-refractivity contribution is -0.577. The van der Waals surface area contributed by atoms with Crippen molar-refractivity contribution in [1.82, 2.24) is 0 Å². The van der Waals surface area contributed by atoms with Crippen molar-refractivity contribution < 1.29 is 29.1 Å². The molecule has 5 heterocycles. The molecule has 6 aliphatic rings. The average Bonchev–Trinajstić information content (AvgIpc) is 3.24. The highest BCUT2D eigenvalue weighted by Crippen LogP contribution is 2.64. The molecule has 0 radical (unpaired) electrons. The molecule has 2 bridgehead atoms. The molecule has 6 nitrogen and oxygen atoms in total. The summed E-state index contributed by atoms with van der Waals surface area (Å²) >= 11 is 0. The van der Waals surface area contributed by atoms with E-state index in [1.807, 2.05) is 6.92 Å². The lowest BCUT2D eigenvalue weighted by Gasteiger charge is -2.59. The Labute approximate surface area is 123 Å². The number of epoxide rings is 1. The molecule has 5 aliphatic heterocycles. The molecule has 6 heteroatoms. The van der Waals surface area contributed by atoms with Crippen LogP contribution in [0.3, 0.4) is 0 Å². The maximum Gasteiger partial charge on any atom is 0.201 e. The number of fused-ring (bicyclic) bond motifs is 3. The van der Waals surface area contributed by atoms with Gasteiger partial charge in [0.25, 0.3) is 0 Å². The second kappa shape index (κ2) is 3.80. The van der Waals surface area contributed by atoms with Crippen molar-refractivity contribution in [3.05, 3.63) is 0 Å². The van der Waals surface area contributed by atoms with Crippen LogP contribution in [-0.2, 0) is 24.0 Å². The summed E-state index contributed by atoms with van der Waals surface area (Å²) in [4.78, 5) is 11.7. The number of aliphatic hydroxyl groups excluding tert-OH is 1. The quantitative estimate of drug-likeness (QED) is 0.537. The Morgan fingerprint density at radius 2 is 1.95 bits per heavy atom. The minimum atomic E-state index is -0.946. The molecule has 1 saturated carbocycles. The SMILES string of the molecule is C[C@@H]1CC[C@@H]2[C@]34OO[C@](C)(CC[C@@H]13)O[C@H]4OC(O)[C@@]21CO1. The first kappa shape index (κ1) is 13.2. The molecule has 1 aliphatic carbocycles. The van der Waals surface area contributed by atoms with E-state index in [9.17, 15) is 5.11 Å². The van der Waals surface area contributed by atoms with Gasteiger partial charge in [-0.2, -0.15) is 0 Å². The highest BCUT2D eigenvalue weighted by Gasteiger charge is 2.77. The molecule has 6 fully saturated rings. The van der Waals surface area contributed by atoms with Gasteiger partial charge in [0.05, 0.1) is 6.61 Å². The van der Waals surface area contributed by atoms with E-state index in [1.165, 1.54) is 0 Å². The van der Waals surface area contributed by atoms with Crippen LogP contribution < -0.4 is 0 Å². The maximum atomic E-state index is 10.4. The predicted molar refractivity (Wildman–Crippen MR) is 68.6 cm³/mol. The molecule has 0 aromatic carbocycles. The van der Waals surface area contributed by atoms with Crippen LogP contribution in [0.4, 0.5) is 0 Å². The van der Waals surface area contributed by atoms with Crippen molar-refractivity contribution in [2.75, 3.05) is 6.61 Å². The predicted octanol–water partition coefficient (Wildman–Crippen LogP) is 1.32. The van der Waals surface area contributed by atoms with E-state index in [0.29, 0.717) is 18.4 Å². The van der Waals surface area contributed by atoms with Crippen LogP contribution in [-0.4, -0.2) is 41.3 Å². The van der Waals surface area contributed by atoms with Crippen LogP contribution in [0.15, 0.2) is 0 Å². The number of ether oxygens (including phenoxy) is 3. The van der Waals surface area contributed by atoms with Gasteiger partial charge in [0.1, 0.15) is 5.60 Å². The van der Waals surface area contributed by atoms with E-state index < -0.39 is 29.6 Å². The lowest BCUT2D eigenvalue weighted by atomic mass is 9.58. The molecule has 6 rings (SSSR count). The topological polar surface area (TPSA) is 69.7 Å². The third kappa shape index (κ3) is 1.44. The van der Waals surface area contributed by atoms with Crippen molar-refractivity contribution in [1.29, 1.82) is 0 Å². The summed E-state index contributed by atoms with van der Waals surface area (Å²) in [6.07, 6.45) is 2.29. The molecule has 0 aromatic heterocycles. The Kier molecular flexibility index (Phi) is 2.39. The molecule has 0 aromatic rings. The van der Waals surface area contributed by atoms with Gasteiger partial charge in [-0.15, -0.1) is 0 Å². The van der Waals surface area contributed by atoms with Gasteiger partial charge in [-0.25, -0.2) is 9.78 Å². The monoisotopic (exact) mass is 298 g/mol. The number of hydrogen-bond donors (Lipinski definition) is 1. The summed E-state index contributed by atoms with van der Waals surface area (Å²) < 4.78 is 17.6. The third-order valence-corrected chi connectivity index (χ3v) is 6.46. The Morgan fingerprint density at radius 3 is 2.71 bits per heavy atom. The van der Waals surface area contributed by atoms with E-state index in [-0.39, 0.29) is 5.92 Å². The standard InChI is InChI=1S/C15H22O6/c1-8-3-4-10-14(7-17-14)11(16)18-12-15(10)9(8)5-6-13(2,19-12)20-21-15/h8-12,16H,3-7H2,1-2H3/t8-,9+,10+,11?,12-,13-,14-,15-/m1/s1. The number of rotatable bonds is 0. The van der Waals surface area contributed by atoms with E-state index in [1.54, 1.807) is 0 Å². The first-order valence-corrected chi connectivity index (χ1v) is 8.02. The molecule has 2 spiro atoms. The fraction of sp³-hybridized carbons (Fsp3) is 1.00. The third-order valence-electron chi connectivity index (χ3n) is 6.46. The van der Waals surface area contributed by atoms with Gasteiger partial charge in [-0.3, -0.25) is 0 Å². The first-order valence-electron chi connectivity index (χ1n) is 8.02. The van der Waals surface area contributed by atoms with Gasteiger partial charge in [0.2, 0.25) is 5.79 Å². The van der Waals surface area contributed by atoms with Crippen molar-refractivity contribution in [2.24, 2.45) is 17.8 Å². The minimum Gasteiger partial charge on any atom is -0.365 e. The van der Waals surface area contributed by atoms with Crippen molar-refractivity contribution in [2.45, 2.75) is 69.1 Å². The highest BCUT2D eigenvalue weighted by atomic mass is 17.3. The van der Waals surface area contributed by atoms with Crippen molar-refractivity contribution in [3.8, 4) is 0 Å². The Morgan fingerprint density at radius 1 is 1.14 bits per heavy atom. The number of aliphatic hydroxyl groups is 1. The Bertz CT molecular complexity index is 479. The highest BCUT2D eigenvalue weighted by molar-refractivity contribution is 5.18. The zero-order valence-electron chi connectivity index (χ0n) is 12.4. The van der Waals surface area contributed by atoms with E-state index >= 15 is 0 Å². The summed E-state index contributed by atoms with van der Waals surface area (Å²) in [7, 11) is 0. The second-order valence-electron chi connectivity index (χ2n) is 7.59. The average molecular weight is 298 g/mol. The molecule has 21 heavy (non-hydrogen) atoms. The van der Waals surface area contributed by atoms with Gasteiger partial charge >= 0.3 is 0 Å². The van der Waals surface area contributed by atoms with Gasteiger partial charge in [0.15, 0.2) is 18.2 Å². The Hall–Kier alpha value is -0.240. The normalized spacial score (nSPS) is 65.0. The van der Waals surface area contributed by atoms with Crippen molar-refractivity contribution in [3.63, 3.8) is 0 Å². The minimum absolute atomic E-state index is 0.0580. The summed E-state index contributed by atoms with van der Waals surface area (Å²) in [5.74, 6) is 0.0967. The molecule has 5 saturated heterocycles. The summed E-state index contributed by atoms with van der Waals surface area (Å²) in [5, 5.41) is 10.4.